The molecule has 0 spiro atoms. The summed E-state index contributed by atoms with van der Waals surface area (Å²) in [7, 11) is 1.67. The van der Waals surface area contributed by atoms with Gasteiger partial charge < -0.3 is 15.2 Å². The number of hydrogen-bond donors (Lipinski definition) is 2. The van der Waals surface area contributed by atoms with Crippen LogP contribution >= 0.6 is 0 Å². The summed E-state index contributed by atoms with van der Waals surface area (Å²) in [4.78, 5) is 0. The van der Waals surface area contributed by atoms with Crippen LogP contribution in [0.3, 0.4) is 0 Å². The lowest BCUT2D eigenvalue weighted by molar-refractivity contribution is 0.195. The number of unbranched alkanes of at least 4 members (excludes halogenated alkanes) is 1. The number of aliphatic hydroxyl groups is 1. The fraction of sp³-hybridized carbons (Fsp3) is 0.600. The molecule has 0 aliphatic rings. The van der Waals surface area contributed by atoms with E-state index in [0.717, 1.165) is 37.1 Å². The van der Waals surface area contributed by atoms with Crippen molar-refractivity contribution in [1.29, 1.82) is 0 Å². The molecule has 1 rings (SSSR count). The molecule has 0 saturated heterocycles. The lowest BCUT2D eigenvalue weighted by Gasteiger charge is -2.33. The first-order valence-corrected chi connectivity index (χ1v) is 6.73. The second-order valence-corrected chi connectivity index (χ2v) is 4.72. The van der Waals surface area contributed by atoms with Crippen LogP contribution in [-0.4, -0.2) is 24.4 Å². The fourth-order valence-electron chi connectivity index (χ4n) is 2.11. The second kappa shape index (κ2) is 7.27. The zero-order chi connectivity index (χ0) is 13.4. The normalized spacial score (nSPS) is 14.0. The number of benzene rings is 1. The van der Waals surface area contributed by atoms with Gasteiger partial charge in [-0.05, 0) is 25.0 Å². The fourth-order valence-corrected chi connectivity index (χ4v) is 2.11. The summed E-state index contributed by atoms with van der Waals surface area (Å²) in [6.45, 7) is 4.41. The minimum atomic E-state index is -0.245. The Labute approximate surface area is 110 Å². The molecule has 0 bridgehead atoms. The molecular weight excluding hydrogens is 226 g/mol. The van der Waals surface area contributed by atoms with Gasteiger partial charge in [0.2, 0.25) is 0 Å². The number of methoxy groups -OCH3 is 1. The summed E-state index contributed by atoms with van der Waals surface area (Å²) in [6, 6.07) is 7.84. The molecule has 0 heterocycles. The molecule has 1 aromatic carbocycles. The molecule has 0 fully saturated rings. The number of aliphatic hydroxyl groups excluding tert-OH is 1. The van der Waals surface area contributed by atoms with Crippen molar-refractivity contribution in [3.63, 3.8) is 0 Å². The molecule has 1 unspecified atom stereocenters. The van der Waals surface area contributed by atoms with E-state index in [1.807, 2.05) is 24.3 Å². The van der Waals surface area contributed by atoms with Crippen LogP contribution in [0.4, 0.5) is 5.69 Å². The average molecular weight is 251 g/mol. The van der Waals surface area contributed by atoms with Gasteiger partial charge in [0.1, 0.15) is 5.75 Å². The van der Waals surface area contributed by atoms with Gasteiger partial charge in [-0.3, -0.25) is 0 Å². The molecule has 18 heavy (non-hydrogen) atoms. The van der Waals surface area contributed by atoms with E-state index in [1.54, 1.807) is 7.11 Å². The van der Waals surface area contributed by atoms with E-state index in [0.29, 0.717) is 0 Å². The van der Waals surface area contributed by atoms with Crippen molar-refractivity contribution in [2.75, 3.05) is 19.0 Å². The number of hydrogen-bond acceptors (Lipinski definition) is 3. The van der Waals surface area contributed by atoms with Gasteiger partial charge in [0.15, 0.2) is 0 Å². The second-order valence-electron chi connectivity index (χ2n) is 4.72. The zero-order valence-corrected chi connectivity index (χ0v) is 11.7. The molecule has 0 radical (unpaired) electrons. The average Bonchev–Trinajstić information content (AvgIpc) is 2.44. The van der Waals surface area contributed by atoms with Crippen LogP contribution in [-0.2, 0) is 0 Å². The highest BCUT2D eigenvalue weighted by Crippen LogP contribution is 2.30. The predicted octanol–water partition coefficient (Wildman–Crippen LogP) is 3.44. The van der Waals surface area contributed by atoms with Gasteiger partial charge in [0.05, 0.1) is 24.9 Å². The Morgan fingerprint density at radius 3 is 2.56 bits per heavy atom. The van der Waals surface area contributed by atoms with Gasteiger partial charge in [0, 0.05) is 0 Å². The van der Waals surface area contributed by atoms with Crippen molar-refractivity contribution in [2.45, 2.75) is 45.1 Å². The van der Waals surface area contributed by atoms with E-state index < -0.39 is 0 Å². The largest absolute Gasteiger partial charge is 0.495 e. The van der Waals surface area contributed by atoms with Crippen LogP contribution in [0.1, 0.15) is 39.5 Å². The maximum absolute atomic E-state index is 9.72. The van der Waals surface area contributed by atoms with E-state index in [1.165, 1.54) is 0 Å². The summed E-state index contributed by atoms with van der Waals surface area (Å²) >= 11 is 0. The van der Waals surface area contributed by atoms with Gasteiger partial charge in [-0.1, -0.05) is 38.8 Å². The van der Waals surface area contributed by atoms with E-state index in [9.17, 15) is 5.11 Å². The number of nitrogens with one attached hydrogen (secondary N) is 1. The Morgan fingerprint density at radius 2 is 2.00 bits per heavy atom. The topological polar surface area (TPSA) is 41.5 Å². The molecule has 0 amide bonds. The number of para-hydroxylation sites is 2. The standard InChI is InChI=1S/C15H25NO2/c1-4-6-11-15(5-2,12-17)16-13-9-7-8-10-14(13)18-3/h7-10,16-17H,4-6,11-12H2,1-3H3. The lowest BCUT2D eigenvalue weighted by Crippen LogP contribution is -2.41. The molecule has 1 aromatic rings. The third-order valence-corrected chi connectivity index (χ3v) is 3.50. The van der Waals surface area contributed by atoms with Crippen LogP contribution in [0.15, 0.2) is 24.3 Å². The van der Waals surface area contributed by atoms with Crippen LogP contribution in [0, 0.1) is 0 Å². The van der Waals surface area contributed by atoms with Crippen molar-refractivity contribution in [3.8, 4) is 5.75 Å². The Balaban J connectivity index is 2.88. The number of anilines is 1. The third-order valence-electron chi connectivity index (χ3n) is 3.50. The Kier molecular flexibility index (Phi) is 5.99. The first kappa shape index (κ1) is 14.8. The zero-order valence-electron chi connectivity index (χ0n) is 11.7. The molecular formula is C15H25NO2. The summed E-state index contributed by atoms with van der Waals surface area (Å²) in [5.74, 6) is 0.820. The van der Waals surface area contributed by atoms with Gasteiger partial charge in [0.25, 0.3) is 0 Å². The Morgan fingerprint density at radius 1 is 1.28 bits per heavy atom. The van der Waals surface area contributed by atoms with Crippen molar-refractivity contribution >= 4 is 5.69 Å². The van der Waals surface area contributed by atoms with E-state index in [2.05, 4.69) is 19.2 Å². The maximum atomic E-state index is 9.72. The minimum absolute atomic E-state index is 0.140. The molecule has 3 heteroatoms. The summed E-state index contributed by atoms with van der Waals surface area (Å²) in [5, 5.41) is 13.2. The van der Waals surface area contributed by atoms with Crippen molar-refractivity contribution in [2.24, 2.45) is 0 Å². The lowest BCUT2D eigenvalue weighted by atomic mass is 9.90. The minimum Gasteiger partial charge on any atom is -0.495 e. The summed E-state index contributed by atoms with van der Waals surface area (Å²) in [6.07, 6.45) is 4.10. The molecule has 102 valence electrons. The quantitative estimate of drug-likeness (QED) is 0.743. The van der Waals surface area contributed by atoms with Crippen molar-refractivity contribution in [3.05, 3.63) is 24.3 Å². The van der Waals surface area contributed by atoms with Crippen LogP contribution in [0.2, 0.25) is 0 Å². The molecule has 2 N–H and O–H groups in total. The van der Waals surface area contributed by atoms with E-state index in [-0.39, 0.29) is 12.1 Å². The van der Waals surface area contributed by atoms with Crippen molar-refractivity contribution < 1.29 is 9.84 Å². The predicted molar refractivity (Wildman–Crippen MR) is 76.2 cm³/mol. The first-order valence-electron chi connectivity index (χ1n) is 6.73. The molecule has 0 aliphatic carbocycles. The number of ether oxygens (including phenoxy) is 1. The highest BCUT2D eigenvalue weighted by molar-refractivity contribution is 5.57. The Hall–Kier alpha value is -1.22. The molecule has 3 nitrogen and oxygen atoms in total. The third kappa shape index (κ3) is 3.64. The SMILES string of the molecule is CCCCC(CC)(CO)Nc1ccccc1OC. The Bertz CT molecular complexity index is 348. The van der Waals surface area contributed by atoms with Gasteiger partial charge in [-0.25, -0.2) is 0 Å². The molecule has 0 aliphatic heterocycles. The van der Waals surface area contributed by atoms with Gasteiger partial charge >= 0.3 is 0 Å². The smallest absolute Gasteiger partial charge is 0.141 e. The monoisotopic (exact) mass is 251 g/mol. The van der Waals surface area contributed by atoms with Crippen molar-refractivity contribution in [1.82, 2.24) is 0 Å². The van der Waals surface area contributed by atoms with Gasteiger partial charge in [-0.15, -0.1) is 0 Å². The van der Waals surface area contributed by atoms with E-state index >= 15 is 0 Å². The summed E-state index contributed by atoms with van der Waals surface area (Å²) in [5.41, 5.74) is 0.706. The van der Waals surface area contributed by atoms with Gasteiger partial charge in [-0.2, -0.15) is 0 Å². The van der Waals surface area contributed by atoms with Crippen LogP contribution in [0.5, 0.6) is 5.75 Å². The van der Waals surface area contributed by atoms with Crippen LogP contribution in [0.25, 0.3) is 0 Å². The highest BCUT2D eigenvalue weighted by atomic mass is 16.5. The van der Waals surface area contributed by atoms with Crippen LogP contribution < -0.4 is 10.1 Å². The number of rotatable bonds is 8. The summed E-state index contributed by atoms with van der Waals surface area (Å²) < 4.78 is 5.34. The maximum Gasteiger partial charge on any atom is 0.141 e. The highest BCUT2D eigenvalue weighted by Gasteiger charge is 2.27. The molecule has 1 atom stereocenters. The molecule has 0 aromatic heterocycles. The first-order chi connectivity index (χ1) is 8.71. The molecule has 0 saturated carbocycles. The van der Waals surface area contributed by atoms with E-state index in [4.69, 9.17) is 4.74 Å².